The fraction of sp³-hybridized carbons (Fsp3) is 0.250. The molecule has 0 radical (unpaired) electrons. The summed E-state index contributed by atoms with van der Waals surface area (Å²) >= 11 is 20.4. The Bertz CT molecular complexity index is 309. The zero-order valence-corrected chi connectivity index (χ0v) is 14.8. The van der Waals surface area contributed by atoms with Crippen molar-refractivity contribution in [3.05, 3.63) is 20.1 Å². The first kappa shape index (κ1) is 22.4. The molecule has 0 amide bonds. The van der Waals surface area contributed by atoms with Gasteiger partial charge in [0.1, 0.15) is 0 Å². The Hall–Kier alpha value is 0.203. The molecule has 92 valence electrons. The molecule has 0 aromatic carbocycles. The van der Waals surface area contributed by atoms with E-state index in [0.29, 0.717) is 0 Å². The smallest absolute Gasteiger partial charge is 0.544 e. The van der Waals surface area contributed by atoms with E-state index in [1.807, 2.05) is 0 Å². The molecule has 4 nitrogen and oxygen atoms in total. The molecule has 0 saturated carbocycles. The molecule has 0 N–H and O–H groups in total. The molecule has 0 spiro atoms. The third kappa shape index (κ3) is 12.5. The van der Waals surface area contributed by atoms with Gasteiger partial charge in [-0.1, -0.05) is 46.4 Å². The molecule has 0 rings (SSSR count). The van der Waals surface area contributed by atoms with Crippen LogP contribution < -0.4 is 10.2 Å². The van der Waals surface area contributed by atoms with Gasteiger partial charge in [-0.25, -0.2) is 0 Å². The molecule has 0 fully saturated rings. The molecular weight excluding hydrogens is 367 g/mol. The Kier molecular flexibility index (Phi) is 14.9. The molecule has 0 aromatic heterocycles. The van der Waals surface area contributed by atoms with Crippen LogP contribution in [0.1, 0.15) is 13.8 Å². The molecule has 0 saturated heterocycles. The number of rotatable bonds is 2. The van der Waals surface area contributed by atoms with Gasteiger partial charge in [0.05, 0.1) is 22.0 Å². The number of hydrogen-bond donors (Lipinski definition) is 0. The van der Waals surface area contributed by atoms with Crippen molar-refractivity contribution in [1.29, 1.82) is 0 Å². The molecular formula is C8H6Cl4O4Zn. The zero-order chi connectivity index (χ0) is 13.5. The fourth-order valence-corrected chi connectivity index (χ4v) is 0.436. The SMILES string of the molecule is C/C(Cl)=C(\Cl)C(=O)[O-].C/C(Cl)=C(\Cl)C(=O)[O-].[Zn+2]. The zero-order valence-electron chi connectivity index (χ0n) is 8.85. The Morgan fingerprint density at radius 2 is 0.941 bits per heavy atom. The summed E-state index contributed by atoms with van der Waals surface area (Å²) in [6, 6.07) is 0. The molecule has 0 aliphatic carbocycles. The molecule has 0 unspecified atom stereocenters. The number of halogens is 4. The number of carboxylic acids is 2. The van der Waals surface area contributed by atoms with Crippen LogP contribution in [-0.4, -0.2) is 11.9 Å². The van der Waals surface area contributed by atoms with Gasteiger partial charge in [0, 0.05) is 10.1 Å². The molecule has 9 heteroatoms. The predicted octanol–water partition coefficient (Wildman–Crippen LogP) is 0.888. The van der Waals surface area contributed by atoms with Gasteiger partial charge in [-0.3, -0.25) is 0 Å². The van der Waals surface area contributed by atoms with Gasteiger partial charge in [0.2, 0.25) is 0 Å². The van der Waals surface area contributed by atoms with Gasteiger partial charge in [0.15, 0.2) is 0 Å². The van der Waals surface area contributed by atoms with Crippen molar-refractivity contribution in [2.75, 3.05) is 0 Å². The van der Waals surface area contributed by atoms with Crippen LogP contribution in [0.2, 0.25) is 0 Å². The van der Waals surface area contributed by atoms with Gasteiger partial charge < -0.3 is 19.8 Å². The van der Waals surface area contributed by atoms with E-state index >= 15 is 0 Å². The molecule has 17 heavy (non-hydrogen) atoms. The van der Waals surface area contributed by atoms with Crippen LogP contribution in [0.25, 0.3) is 0 Å². The van der Waals surface area contributed by atoms with E-state index in [1.54, 1.807) is 0 Å². The van der Waals surface area contributed by atoms with E-state index in [2.05, 4.69) is 0 Å². The maximum absolute atomic E-state index is 9.76. The first-order valence-corrected chi connectivity index (χ1v) is 5.08. The summed E-state index contributed by atoms with van der Waals surface area (Å²) in [5, 5.41) is 18.7. The van der Waals surface area contributed by atoms with Crippen molar-refractivity contribution in [3.63, 3.8) is 0 Å². The summed E-state index contributed by atoms with van der Waals surface area (Å²) in [5.74, 6) is -2.89. The number of hydrogen-bond acceptors (Lipinski definition) is 4. The van der Waals surface area contributed by atoms with E-state index in [-0.39, 0.29) is 29.5 Å². The normalized spacial score (nSPS) is 12.1. The van der Waals surface area contributed by atoms with E-state index in [9.17, 15) is 19.8 Å². The van der Waals surface area contributed by atoms with Crippen LogP contribution in [0.3, 0.4) is 0 Å². The number of aliphatic carboxylic acids is 2. The molecule has 0 heterocycles. The van der Waals surface area contributed by atoms with Crippen molar-refractivity contribution < 1.29 is 39.3 Å². The Labute approximate surface area is 131 Å². The van der Waals surface area contributed by atoms with E-state index in [1.165, 1.54) is 13.8 Å². The van der Waals surface area contributed by atoms with E-state index in [4.69, 9.17) is 46.4 Å². The average molecular weight is 373 g/mol. The van der Waals surface area contributed by atoms with Crippen LogP contribution in [0.15, 0.2) is 20.1 Å². The Morgan fingerprint density at radius 3 is 0.941 bits per heavy atom. The number of carbonyl (C=O) groups excluding carboxylic acids is 2. The van der Waals surface area contributed by atoms with Crippen molar-refractivity contribution in [2.24, 2.45) is 0 Å². The van der Waals surface area contributed by atoms with Crippen LogP contribution in [0.5, 0.6) is 0 Å². The van der Waals surface area contributed by atoms with Crippen LogP contribution >= 0.6 is 46.4 Å². The van der Waals surface area contributed by atoms with E-state index < -0.39 is 22.0 Å². The van der Waals surface area contributed by atoms with Crippen molar-refractivity contribution in [3.8, 4) is 0 Å². The first-order chi connectivity index (χ1) is 7.11. The van der Waals surface area contributed by atoms with Gasteiger partial charge in [-0.15, -0.1) is 0 Å². The fourth-order valence-electron chi connectivity index (χ4n) is 0.281. The summed E-state index contributed by atoms with van der Waals surface area (Å²) in [5.41, 5.74) is 0. The van der Waals surface area contributed by atoms with E-state index in [0.717, 1.165) is 0 Å². The predicted molar refractivity (Wildman–Crippen MR) is 58.8 cm³/mol. The number of allylic oxidation sites excluding steroid dienone is 2. The minimum absolute atomic E-state index is 0. The third-order valence-electron chi connectivity index (χ3n) is 0.963. The summed E-state index contributed by atoms with van der Waals surface area (Å²) in [6.45, 7) is 2.75. The number of carboxylic acid groups (broad SMARTS) is 2. The van der Waals surface area contributed by atoms with Crippen LogP contribution in [0.4, 0.5) is 0 Å². The third-order valence-corrected chi connectivity index (χ3v) is 2.41. The van der Waals surface area contributed by atoms with Gasteiger partial charge in [0.25, 0.3) is 0 Å². The standard InChI is InChI=1S/2C4H4Cl2O2.Zn/c2*1-2(5)3(6)4(7)8;/h2*1H3,(H,7,8);/q;;+2/p-2/b2*3-2+;. The minimum Gasteiger partial charge on any atom is -0.544 e. The first-order valence-electron chi connectivity index (χ1n) is 3.57. The van der Waals surface area contributed by atoms with Crippen molar-refractivity contribution in [2.45, 2.75) is 13.8 Å². The maximum atomic E-state index is 9.76. The molecule has 0 aromatic rings. The second-order valence-corrected chi connectivity index (χ2v) is 4.16. The molecule has 0 aliphatic heterocycles. The van der Waals surface area contributed by atoms with Gasteiger partial charge >= 0.3 is 19.5 Å². The topological polar surface area (TPSA) is 80.3 Å². The molecule has 0 atom stereocenters. The monoisotopic (exact) mass is 370 g/mol. The second kappa shape index (κ2) is 11.3. The van der Waals surface area contributed by atoms with Crippen LogP contribution in [-0.2, 0) is 29.1 Å². The summed E-state index contributed by atoms with van der Waals surface area (Å²) in [6.07, 6.45) is 0. The molecule has 0 bridgehead atoms. The summed E-state index contributed by atoms with van der Waals surface area (Å²) in [7, 11) is 0. The van der Waals surface area contributed by atoms with Crippen LogP contribution in [0, 0.1) is 0 Å². The van der Waals surface area contributed by atoms with Gasteiger partial charge in [-0.05, 0) is 13.8 Å². The summed E-state index contributed by atoms with van der Waals surface area (Å²) in [4.78, 5) is 19.5. The Morgan fingerprint density at radius 1 is 0.765 bits per heavy atom. The van der Waals surface area contributed by atoms with Crippen molar-refractivity contribution in [1.82, 2.24) is 0 Å². The Balaban J connectivity index is -0.000000218. The van der Waals surface area contributed by atoms with Gasteiger partial charge in [-0.2, -0.15) is 0 Å². The quantitative estimate of drug-likeness (QED) is 0.532. The largest absolute Gasteiger partial charge is 2.00 e. The maximum Gasteiger partial charge on any atom is 2.00 e. The van der Waals surface area contributed by atoms with Crippen molar-refractivity contribution >= 4 is 58.3 Å². The number of carbonyl (C=O) groups is 2. The average Bonchev–Trinajstić information content (AvgIpc) is 2.15. The second-order valence-electron chi connectivity index (χ2n) is 2.27. The minimum atomic E-state index is -1.45. The summed E-state index contributed by atoms with van der Waals surface area (Å²) < 4.78 is 0. The molecule has 0 aliphatic rings.